The van der Waals surface area contributed by atoms with Crippen LogP contribution < -0.4 is 5.32 Å². The van der Waals surface area contributed by atoms with Gasteiger partial charge in [-0.05, 0) is 23.3 Å². The Labute approximate surface area is 186 Å². The molecule has 1 unspecified atom stereocenters. The van der Waals surface area contributed by atoms with Crippen LogP contribution in [-0.2, 0) is 26.1 Å². The number of benzene rings is 2. The Kier molecular flexibility index (Phi) is 6.24. The van der Waals surface area contributed by atoms with Gasteiger partial charge in [0.25, 0.3) is 0 Å². The number of aromatic nitrogens is 1. The summed E-state index contributed by atoms with van der Waals surface area (Å²) in [6.45, 7) is 0.312. The lowest BCUT2D eigenvalue weighted by Gasteiger charge is -2.33. The molecular formula is C22H22ClN3O4S. The molecule has 1 amide bonds. The summed E-state index contributed by atoms with van der Waals surface area (Å²) in [5.41, 5.74) is 2.07. The summed E-state index contributed by atoms with van der Waals surface area (Å²) in [4.78, 5) is 17.5. The average molecular weight is 460 g/mol. The van der Waals surface area contributed by atoms with Crippen molar-refractivity contribution >= 4 is 44.0 Å². The van der Waals surface area contributed by atoms with E-state index in [1.165, 1.54) is 11.4 Å². The van der Waals surface area contributed by atoms with Crippen LogP contribution in [0.1, 0.15) is 17.0 Å². The van der Waals surface area contributed by atoms with Gasteiger partial charge in [0, 0.05) is 42.2 Å². The number of rotatable bonds is 6. The second-order valence-corrected chi connectivity index (χ2v) is 9.92. The van der Waals surface area contributed by atoms with E-state index in [1.54, 1.807) is 30.6 Å². The molecule has 2 aromatic carbocycles. The number of nitrogens with one attached hydrogen (secondary N) is 1. The number of ether oxygens (including phenoxy) is 1. The number of halogens is 1. The van der Waals surface area contributed by atoms with Gasteiger partial charge in [0.2, 0.25) is 15.9 Å². The van der Waals surface area contributed by atoms with Gasteiger partial charge in [0.05, 0.1) is 30.2 Å². The van der Waals surface area contributed by atoms with Crippen LogP contribution >= 0.6 is 11.6 Å². The molecule has 1 aliphatic rings. The summed E-state index contributed by atoms with van der Waals surface area (Å²) in [6.07, 6.45) is 3.32. The Hall–Kier alpha value is -2.52. The predicted octanol–water partition coefficient (Wildman–Crippen LogP) is 3.40. The van der Waals surface area contributed by atoms with E-state index in [9.17, 15) is 13.2 Å². The van der Waals surface area contributed by atoms with Crippen molar-refractivity contribution in [3.05, 3.63) is 71.0 Å². The highest BCUT2D eigenvalue weighted by Crippen LogP contribution is 2.33. The van der Waals surface area contributed by atoms with Gasteiger partial charge in [0.1, 0.15) is 0 Å². The van der Waals surface area contributed by atoms with Gasteiger partial charge in [-0.15, -0.1) is 0 Å². The third kappa shape index (κ3) is 4.57. The fourth-order valence-electron chi connectivity index (χ4n) is 3.78. The zero-order valence-corrected chi connectivity index (χ0v) is 18.5. The molecule has 0 saturated heterocycles. The van der Waals surface area contributed by atoms with Gasteiger partial charge in [0.15, 0.2) is 0 Å². The lowest BCUT2D eigenvalue weighted by Crippen LogP contribution is -2.43. The molecule has 0 saturated carbocycles. The fourth-order valence-corrected chi connectivity index (χ4v) is 5.31. The molecule has 2 heterocycles. The molecule has 0 spiro atoms. The number of anilines is 1. The number of pyridine rings is 1. The number of amides is 1. The van der Waals surface area contributed by atoms with E-state index in [0.717, 1.165) is 21.9 Å². The predicted molar refractivity (Wildman–Crippen MR) is 121 cm³/mol. The third-order valence-corrected chi connectivity index (χ3v) is 7.38. The second kappa shape index (κ2) is 8.92. The molecule has 0 fully saturated rings. The van der Waals surface area contributed by atoms with Crippen LogP contribution in [0.4, 0.5) is 5.69 Å². The molecule has 1 aliphatic heterocycles. The molecule has 1 aromatic heterocycles. The van der Waals surface area contributed by atoms with Gasteiger partial charge in [-0.25, -0.2) is 8.42 Å². The highest BCUT2D eigenvalue weighted by Gasteiger charge is 2.36. The van der Waals surface area contributed by atoms with E-state index in [2.05, 4.69) is 10.3 Å². The largest absolute Gasteiger partial charge is 0.384 e. The van der Waals surface area contributed by atoms with Crippen molar-refractivity contribution in [3.8, 4) is 0 Å². The lowest BCUT2D eigenvalue weighted by atomic mass is 9.90. The highest BCUT2D eigenvalue weighted by molar-refractivity contribution is 7.89. The number of sulfonamides is 1. The van der Waals surface area contributed by atoms with E-state index in [-0.39, 0.29) is 31.4 Å². The number of hydrogen-bond acceptors (Lipinski definition) is 5. The molecule has 31 heavy (non-hydrogen) atoms. The van der Waals surface area contributed by atoms with Gasteiger partial charge >= 0.3 is 0 Å². The van der Waals surface area contributed by atoms with E-state index in [4.69, 9.17) is 16.3 Å². The molecule has 0 radical (unpaired) electrons. The van der Waals surface area contributed by atoms with Crippen LogP contribution in [0.3, 0.4) is 0 Å². The molecule has 1 N–H and O–H groups in total. The maximum Gasteiger partial charge on any atom is 0.233 e. The van der Waals surface area contributed by atoms with Crippen molar-refractivity contribution < 1.29 is 17.9 Å². The minimum atomic E-state index is -3.59. The topological polar surface area (TPSA) is 88.6 Å². The molecule has 3 aromatic rings. The van der Waals surface area contributed by atoms with Crippen molar-refractivity contribution in [2.45, 2.75) is 12.5 Å². The summed E-state index contributed by atoms with van der Waals surface area (Å²) in [5.74, 6) is -1.17. The summed E-state index contributed by atoms with van der Waals surface area (Å²) in [5, 5.41) is 5.20. The van der Waals surface area contributed by atoms with Crippen molar-refractivity contribution in [3.63, 3.8) is 0 Å². The molecule has 4 rings (SSSR count). The summed E-state index contributed by atoms with van der Waals surface area (Å²) in [6, 6.07) is 12.8. The first-order valence-corrected chi connectivity index (χ1v) is 11.8. The monoisotopic (exact) mass is 459 g/mol. The van der Waals surface area contributed by atoms with Gasteiger partial charge < -0.3 is 10.1 Å². The fraction of sp³-hybridized carbons (Fsp3) is 0.273. The summed E-state index contributed by atoms with van der Waals surface area (Å²) >= 11 is 6.19. The van der Waals surface area contributed by atoms with Crippen molar-refractivity contribution in [1.82, 2.24) is 9.29 Å². The van der Waals surface area contributed by atoms with E-state index in [1.807, 2.05) is 24.3 Å². The van der Waals surface area contributed by atoms with Crippen molar-refractivity contribution in [1.29, 1.82) is 0 Å². The standard InChI is InChI=1S/C22H22ClN3O4S/c1-30-8-9-31(28,29)26-13-16-6-7-17(23)10-19(16)20(14-26)22(27)25-21-12-24-11-15-4-2-3-5-18(15)21/h2-7,10-12,20H,8-9,13-14H2,1H3,(H,25,27). The Balaban J connectivity index is 1.68. The summed E-state index contributed by atoms with van der Waals surface area (Å²) in [7, 11) is -2.13. The Bertz CT molecular complexity index is 1230. The maximum atomic E-state index is 13.3. The van der Waals surface area contributed by atoms with Crippen LogP contribution in [0.5, 0.6) is 0 Å². The van der Waals surface area contributed by atoms with E-state index in [0.29, 0.717) is 10.7 Å². The minimum Gasteiger partial charge on any atom is -0.384 e. The van der Waals surface area contributed by atoms with Crippen LogP contribution in [0.25, 0.3) is 10.8 Å². The lowest BCUT2D eigenvalue weighted by molar-refractivity contribution is -0.118. The normalized spacial score (nSPS) is 16.8. The SMILES string of the molecule is COCCS(=O)(=O)N1Cc2ccc(Cl)cc2C(C(=O)Nc2cncc3ccccc23)C1. The number of carbonyl (C=O) groups is 1. The molecule has 9 heteroatoms. The first-order valence-electron chi connectivity index (χ1n) is 9.78. The molecule has 1 atom stereocenters. The van der Waals surface area contributed by atoms with E-state index >= 15 is 0 Å². The smallest absolute Gasteiger partial charge is 0.233 e. The Morgan fingerprint density at radius 1 is 1.26 bits per heavy atom. The number of nitrogens with zero attached hydrogens (tertiary/aromatic N) is 2. The van der Waals surface area contributed by atoms with Crippen LogP contribution in [0.2, 0.25) is 5.02 Å². The first kappa shape index (κ1) is 21.7. The van der Waals surface area contributed by atoms with Gasteiger partial charge in [-0.3, -0.25) is 9.78 Å². The van der Waals surface area contributed by atoms with Crippen molar-refractivity contribution in [2.75, 3.05) is 31.3 Å². The number of fused-ring (bicyclic) bond motifs is 2. The number of carbonyl (C=O) groups excluding carboxylic acids is 1. The zero-order chi connectivity index (χ0) is 22.0. The average Bonchev–Trinajstić information content (AvgIpc) is 2.77. The third-order valence-electron chi connectivity index (χ3n) is 5.40. The molecule has 162 valence electrons. The van der Waals surface area contributed by atoms with Crippen LogP contribution in [0, 0.1) is 0 Å². The Morgan fingerprint density at radius 2 is 2.06 bits per heavy atom. The minimum absolute atomic E-state index is 0.0312. The van der Waals surface area contributed by atoms with Crippen molar-refractivity contribution in [2.24, 2.45) is 0 Å². The number of methoxy groups -OCH3 is 1. The van der Waals surface area contributed by atoms with Gasteiger partial charge in [-0.2, -0.15) is 4.31 Å². The van der Waals surface area contributed by atoms with E-state index < -0.39 is 15.9 Å². The van der Waals surface area contributed by atoms with Gasteiger partial charge in [-0.1, -0.05) is 41.9 Å². The van der Waals surface area contributed by atoms with Crippen LogP contribution in [-0.4, -0.2) is 49.6 Å². The summed E-state index contributed by atoms with van der Waals surface area (Å²) < 4.78 is 31.9. The maximum absolute atomic E-state index is 13.3. The highest BCUT2D eigenvalue weighted by atomic mass is 35.5. The molecular weight excluding hydrogens is 438 g/mol. The first-order chi connectivity index (χ1) is 14.9. The molecule has 0 bridgehead atoms. The molecule has 0 aliphatic carbocycles. The quantitative estimate of drug-likeness (QED) is 0.610. The van der Waals surface area contributed by atoms with Crippen LogP contribution in [0.15, 0.2) is 54.9 Å². The molecule has 7 nitrogen and oxygen atoms in total. The zero-order valence-electron chi connectivity index (χ0n) is 16.9. The number of hydrogen-bond donors (Lipinski definition) is 1. The Morgan fingerprint density at radius 3 is 2.87 bits per heavy atom. The second-order valence-electron chi connectivity index (χ2n) is 7.39.